The van der Waals surface area contributed by atoms with Gasteiger partial charge in [-0.05, 0) is 70.2 Å². The van der Waals surface area contributed by atoms with Crippen LogP contribution < -0.4 is 10.6 Å². The average molecular weight is 594 g/mol. The molecule has 5 aromatic heterocycles. The number of halogens is 1. The van der Waals surface area contributed by atoms with Gasteiger partial charge < -0.3 is 25.4 Å². The molecular weight excluding hydrogens is 561 g/mol. The number of aromatic amines is 2. The minimum absolute atomic E-state index is 0.137. The number of amides is 1. The van der Waals surface area contributed by atoms with Gasteiger partial charge in [-0.2, -0.15) is 5.10 Å². The van der Waals surface area contributed by atoms with Gasteiger partial charge in [0.2, 0.25) is 5.91 Å². The first-order valence-corrected chi connectivity index (χ1v) is 14.0. The number of carbonyl (C=O) groups is 1. The van der Waals surface area contributed by atoms with E-state index >= 15 is 0 Å². The van der Waals surface area contributed by atoms with Crippen molar-refractivity contribution in [1.29, 1.82) is 0 Å². The molecule has 1 amide bonds. The fourth-order valence-corrected chi connectivity index (χ4v) is 4.92. The van der Waals surface area contributed by atoms with Crippen LogP contribution in [0.25, 0.3) is 56.0 Å². The SMILES string of the molecule is CN(C)CCNc1cc(F)cc(-c2ccnc3[nH]c(-c4n[nH]c5cnc(-c6cncc(NC(=O)CN(C)C)c6)cc45)nc23)c1. The van der Waals surface area contributed by atoms with Crippen LogP contribution in [0.15, 0.2) is 61.2 Å². The van der Waals surface area contributed by atoms with E-state index in [9.17, 15) is 9.18 Å². The number of fused-ring (bicyclic) bond motifs is 2. The maximum Gasteiger partial charge on any atom is 0.238 e. The van der Waals surface area contributed by atoms with Crippen LogP contribution in [0.2, 0.25) is 0 Å². The lowest BCUT2D eigenvalue weighted by Crippen LogP contribution is -2.27. The van der Waals surface area contributed by atoms with Gasteiger partial charge in [-0.1, -0.05) is 0 Å². The van der Waals surface area contributed by atoms with Crippen molar-refractivity contribution in [3.63, 3.8) is 0 Å². The van der Waals surface area contributed by atoms with Gasteiger partial charge in [0.1, 0.15) is 17.0 Å². The fraction of sp³-hybridized carbons (Fsp3) is 0.226. The molecule has 13 heteroatoms. The van der Waals surface area contributed by atoms with Gasteiger partial charge in [0.05, 0.1) is 35.8 Å². The number of likely N-dealkylation sites (N-methyl/N-ethyl adjacent to an activating group) is 2. The smallest absolute Gasteiger partial charge is 0.238 e. The van der Waals surface area contributed by atoms with E-state index in [1.807, 2.05) is 52.5 Å². The third-order valence-electron chi connectivity index (χ3n) is 6.93. The maximum absolute atomic E-state index is 14.7. The van der Waals surface area contributed by atoms with Crippen molar-refractivity contribution < 1.29 is 9.18 Å². The first kappa shape index (κ1) is 28.8. The molecule has 4 N–H and O–H groups in total. The summed E-state index contributed by atoms with van der Waals surface area (Å²) in [5.41, 5.74) is 6.55. The molecule has 5 heterocycles. The van der Waals surface area contributed by atoms with E-state index in [4.69, 9.17) is 4.98 Å². The summed E-state index contributed by atoms with van der Waals surface area (Å²) < 4.78 is 14.7. The molecule has 0 bridgehead atoms. The monoisotopic (exact) mass is 593 g/mol. The molecular formula is C31H32FN11O. The summed E-state index contributed by atoms with van der Waals surface area (Å²) in [6, 6.07) is 10.4. The number of imidazole rings is 1. The van der Waals surface area contributed by atoms with Gasteiger partial charge in [-0.25, -0.2) is 14.4 Å². The van der Waals surface area contributed by atoms with E-state index in [0.29, 0.717) is 51.9 Å². The molecule has 0 aliphatic rings. The van der Waals surface area contributed by atoms with Crippen LogP contribution in [-0.4, -0.2) is 98.6 Å². The molecule has 224 valence electrons. The second kappa shape index (κ2) is 12.1. The summed E-state index contributed by atoms with van der Waals surface area (Å²) in [6.45, 7) is 1.76. The van der Waals surface area contributed by atoms with Gasteiger partial charge in [0.25, 0.3) is 0 Å². The lowest BCUT2D eigenvalue weighted by atomic mass is 10.0. The van der Waals surface area contributed by atoms with Gasteiger partial charge in [-0.15, -0.1) is 0 Å². The van der Waals surface area contributed by atoms with E-state index < -0.39 is 0 Å². The minimum atomic E-state index is -0.343. The molecule has 0 saturated heterocycles. The number of hydrogen-bond donors (Lipinski definition) is 4. The van der Waals surface area contributed by atoms with Crippen LogP contribution in [0.1, 0.15) is 0 Å². The highest BCUT2D eigenvalue weighted by Gasteiger charge is 2.18. The summed E-state index contributed by atoms with van der Waals surface area (Å²) in [5.74, 6) is 0.0269. The highest BCUT2D eigenvalue weighted by Crippen LogP contribution is 2.33. The van der Waals surface area contributed by atoms with Crippen LogP contribution in [0, 0.1) is 5.82 Å². The molecule has 0 unspecified atom stereocenters. The molecule has 1 aromatic carbocycles. The van der Waals surface area contributed by atoms with Crippen molar-refractivity contribution in [3.8, 4) is 33.9 Å². The Bertz CT molecular complexity index is 1960. The summed E-state index contributed by atoms with van der Waals surface area (Å²) in [7, 11) is 7.65. The Labute approximate surface area is 252 Å². The molecule has 6 aromatic rings. The predicted octanol–water partition coefficient (Wildman–Crippen LogP) is 4.24. The van der Waals surface area contributed by atoms with Crippen LogP contribution in [0.5, 0.6) is 0 Å². The highest BCUT2D eigenvalue weighted by atomic mass is 19.1. The van der Waals surface area contributed by atoms with E-state index in [1.54, 1.807) is 29.7 Å². The number of hydrogen-bond acceptors (Lipinski definition) is 9. The first-order chi connectivity index (χ1) is 21.2. The number of nitrogens with one attached hydrogen (secondary N) is 4. The van der Waals surface area contributed by atoms with Crippen molar-refractivity contribution in [1.82, 2.24) is 44.9 Å². The highest BCUT2D eigenvalue weighted by molar-refractivity contribution is 5.97. The number of carbonyl (C=O) groups excluding carboxylic acids is 1. The zero-order chi connectivity index (χ0) is 30.8. The average Bonchev–Trinajstić information content (AvgIpc) is 3.60. The van der Waals surface area contributed by atoms with Gasteiger partial charge in [-0.3, -0.25) is 19.9 Å². The maximum atomic E-state index is 14.7. The van der Waals surface area contributed by atoms with Gasteiger partial charge >= 0.3 is 0 Å². The Morgan fingerprint density at radius 1 is 0.955 bits per heavy atom. The number of aromatic nitrogens is 7. The number of benzene rings is 1. The molecule has 44 heavy (non-hydrogen) atoms. The van der Waals surface area contributed by atoms with Crippen LogP contribution in [0.4, 0.5) is 15.8 Å². The fourth-order valence-electron chi connectivity index (χ4n) is 4.92. The molecule has 0 fully saturated rings. The molecule has 0 aliphatic heterocycles. The van der Waals surface area contributed by atoms with Gasteiger partial charge in [0.15, 0.2) is 11.5 Å². The van der Waals surface area contributed by atoms with E-state index in [-0.39, 0.29) is 18.3 Å². The molecule has 0 aliphatic carbocycles. The van der Waals surface area contributed by atoms with Crippen LogP contribution >= 0.6 is 0 Å². The van der Waals surface area contributed by atoms with E-state index in [0.717, 1.165) is 28.6 Å². The number of nitrogens with zero attached hydrogens (tertiary/aromatic N) is 7. The Kier molecular flexibility index (Phi) is 7.96. The normalized spacial score (nSPS) is 11.6. The zero-order valence-electron chi connectivity index (χ0n) is 24.8. The molecule has 0 spiro atoms. The molecule has 0 atom stereocenters. The van der Waals surface area contributed by atoms with E-state index in [1.165, 1.54) is 12.1 Å². The Morgan fingerprint density at radius 3 is 2.61 bits per heavy atom. The summed E-state index contributed by atoms with van der Waals surface area (Å²) in [5, 5.41) is 14.5. The second-order valence-corrected chi connectivity index (χ2v) is 11.0. The van der Waals surface area contributed by atoms with Crippen molar-refractivity contribution in [3.05, 3.63) is 67.0 Å². The third-order valence-corrected chi connectivity index (χ3v) is 6.93. The lowest BCUT2D eigenvalue weighted by Gasteiger charge is -2.12. The zero-order valence-corrected chi connectivity index (χ0v) is 24.8. The van der Waals surface area contributed by atoms with Crippen molar-refractivity contribution in [2.45, 2.75) is 0 Å². The standard InChI is InChI=1S/C31H32FN11O/c1-42(2)8-7-34-21-10-18(9-20(32)12-21)23-5-6-35-30-28(23)38-31(39-30)29-24-13-25(36-16-26(24)40-41-29)19-11-22(15-33-14-19)37-27(44)17-43(3)4/h5-6,9-16,34H,7-8,17H2,1-4H3,(H,37,44)(H,40,41)(H,35,38,39). The summed E-state index contributed by atoms with van der Waals surface area (Å²) >= 11 is 0. The largest absolute Gasteiger partial charge is 0.384 e. The second-order valence-electron chi connectivity index (χ2n) is 11.0. The quantitative estimate of drug-likeness (QED) is 0.183. The van der Waals surface area contributed by atoms with E-state index in [2.05, 4.69) is 45.7 Å². The Morgan fingerprint density at radius 2 is 1.80 bits per heavy atom. The summed E-state index contributed by atoms with van der Waals surface area (Å²) in [4.78, 5) is 37.6. The Hall–Kier alpha value is -5.27. The van der Waals surface area contributed by atoms with Crippen molar-refractivity contribution >= 4 is 39.3 Å². The molecule has 6 rings (SSSR count). The van der Waals surface area contributed by atoms with Crippen molar-refractivity contribution in [2.75, 3.05) is 58.5 Å². The molecule has 0 saturated carbocycles. The lowest BCUT2D eigenvalue weighted by molar-refractivity contribution is -0.116. The number of anilines is 2. The topological polar surface area (TPSA) is 144 Å². The number of pyridine rings is 3. The van der Waals surface area contributed by atoms with Gasteiger partial charge in [0, 0.05) is 47.7 Å². The first-order valence-electron chi connectivity index (χ1n) is 14.0. The molecule has 0 radical (unpaired) electrons. The predicted molar refractivity (Wildman–Crippen MR) is 170 cm³/mol. The van der Waals surface area contributed by atoms with Crippen LogP contribution in [-0.2, 0) is 4.79 Å². The number of rotatable bonds is 10. The molecule has 12 nitrogen and oxygen atoms in total. The Balaban J connectivity index is 1.33. The number of H-pyrrole nitrogens is 2. The summed E-state index contributed by atoms with van der Waals surface area (Å²) in [6.07, 6.45) is 6.66. The van der Waals surface area contributed by atoms with Crippen LogP contribution in [0.3, 0.4) is 0 Å². The van der Waals surface area contributed by atoms with Crippen molar-refractivity contribution in [2.24, 2.45) is 0 Å². The minimum Gasteiger partial charge on any atom is -0.384 e. The third kappa shape index (κ3) is 6.23.